The topological polar surface area (TPSA) is 49.3 Å². The van der Waals surface area contributed by atoms with Gasteiger partial charge in [0.25, 0.3) is 5.91 Å². The average molecular weight is 207 g/mol. The highest BCUT2D eigenvalue weighted by Gasteiger charge is 2.05. The maximum atomic E-state index is 11.5. The Morgan fingerprint density at radius 2 is 1.93 bits per heavy atom. The molecule has 0 saturated carbocycles. The third-order valence-corrected chi connectivity index (χ3v) is 2.24. The first-order valence-electron chi connectivity index (χ1n) is 5.14. The van der Waals surface area contributed by atoms with Crippen molar-refractivity contribution in [3.63, 3.8) is 0 Å². The van der Waals surface area contributed by atoms with E-state index in [0.29, 0.717) is 18.0 Å². The molecule has 0 aliphatic heterocycles. The van der Waals surface area contributed by atoms with Crippen LogP contribution in [-0.4, -0.2) is 24.2 Å². The van der Waals surface area contributed by atoms with E-state index in [1.54, 1.807) is 0 Å². The third kappa shape index (κ3) is 3.36. The van der Waals surface area contributed by atoms with Crippen molar-refractivity contribution in [3.8, 4) is 0 Å². The van der Waals surface area contributed by atoms with E-state index >= 15 is 0 Å². The molecule has 0 aliphatic carbocycles. The van der Waals surface area contributed by atoms with Crippen LogP contribution in [0.15, 0.2) is 24.3 Å². The molecule has 0 saturated heterocycles. The Morgan fingerprint density at radius 1 is 1.33 bits per heavy atom. The fourth-order valence-electron chi connectivity index (χ4n) is 1.29. The number of hydrogen-bond donors (Lipinski definition) is 2. The molecule has 0 radical (unpaired) electrons. The molecule has 0 aliphatic rings. The summed E-state index contributed by atoms with van der Waals surface area (Å²) in [7, 11) is 0. The Morgan fingerprint density at radius 3 is 2.40 bits per heavy atom. The minimum Gasteiger partial charge on any atom is -0.395 e. The number of carbonyl (C=O) groups excluding carboxylic acids is 1. The van der Waals surface area contributed by atoms with Gasteiger partial charge in [-0.2, -0.15) is 0 Å². The normalized spacial score (nSPS) is 10.4. The lowest BCUT2D eigenvalue weighted by Gasteiger charge is -2.07. The Labute approximate surface area is 90.1 Å². The van der Waals surface area contributed by atoms with Crippen molar-refractivity contribution in [1.82, 2.24) is 5.32 Å². The van der Waals surface area contributed by atoms with Gasteiger partial charge in [0.2, 0.25) is 0 Å². The average Bonchev–Trinajstić information content (AvgIpc) is 2.26. The zero-order chi connectivity index (χ0) is 11.3. The quantitative estimate of drug-likeness (QED) is 0.786. The van der Waals surface area contributed by atoms with Crippen LogP contribution in [0, 0.1) is 0 Å². The standard InChI is InChI=1S/C12H17NO2/c1-9(2)10-3-5-11(6-4-10)12(15)13-7-8-14/h3-6,9,14H,7-8H2,1-2H3,(H,13,15). The molecule has 15 heavy (non-hydrogen) atoms. The van der Waals surface area contributed by atoms with Crippen LogP contribution in [0.1, 0.15) is 35.7 Å². The maximum Gasteiger partial charge on any atom is 0.251 e. The molecule has 3 heteroatoms. The van der Waals surface area contributed by atoms with Gasteiger partial charge in [0.05, 0.1) is 6.61 Å². The lowest BCUT2D eigenvalue weighted by molar-refractivity contribution is 0.0945. The van der Waals surface area contributed by atoms with Crippen LogP contribution in [0.2, 0.25) is 0 Å². The van der Waals surface area contributed by atoms with Gasteiger partial charge < -0.3 is 10.4 Å². The molecule has 1 rings (SSSR count). The Hall–Kier alpha value is -1.35. The lowest BCUT2D eigenvalue weighted by Crippen LogP contribution is -2.26. The molecule has 0 fully saturated rings. The van der Waals surface area contributed by atoms with Gasteiger partial charge in [-0.15, -0.1) is 0 Å². The predicted molar refractivity (Wildman–Crippen MR) is 60.0 cm³/mol. The molecule has 0 heterocycles. The summed E-state index contributed by atoms with van der Waals surface area (Å²) in [6, 6.07) is 7.53. The number of amides is 1. The molecule has 0 unspecified atom stereocenters. The van der Waals surface area contributed by atoms with Gasteiger partial charge >= 0.3 is 0 Å². The van der Waals surface area contributed by atoms with Crippen LogP contribution >= 0.6 is 0 Å². The SMILES string of the molecule is CC(C)c1ccc(C(=O)NCCO)cc1. The monoisotopic (exact) mass is 207 g/mol. The molecule has 3 nitrogen and oxygen atoms in total. The lowest BCUT2D eigenvalue weighted by atomic mass is 10.0. The molecule has 82 valence electrons. The summed E-state index contributed by atoms with van der Waals surface area (Å²) >= 11 is 0. The first kappa shape index (κ1) is 11.7. The second-order valence-corrected chi connectivity index (χ2v) is 3.76. The van der Waals surface area contributed by atoms with Gasteiger partial charge in [-0.1, -0.05) is 26.0 Å². The summed E-state index contributed by atoms with van der Waals surface area (Å²) in [5.74, 6) is 0.332. The molecule has 1 aromatic rings. The van der Waals surface area contributed by atoms with Crippen molar-refractivity contribution in [2.24, 2.45) is 0 Å². The van der Waals surface area contributed by atoms with Crippen molar-refractivity contribution >= 4 is 5.91 Å². The van der Waals surface area contributed by atoms with Crippen LogP contribution in [0.25, 0.3) is 0 Å². The van der Waals surface area contributed by atoms with Gasteiger partial charge in [0, 0.05) is 12.1 Å². The van der Waals surface area contributed by atoms with Crippen LogP contribution in [-0.2, 0) is 0 Å². The summed E-state index contributed by atoms with van der Waals surface area (Å²) in [6.45, 7) is 4.49. The van der Waals surface area contributed by atoms with Crippen molar-refractivity contribution in [2.45, 2.75) is 19.8 Å². The summed E-state index contributed by atoms with van der Waals surface area (Å²) < 4.78 is 0. The minimum absolute atomic E-state index is 0.0319. The zero-order valence-corrected chi connectivity index (χ0v) is 9.16. The number of aliphatic hydroxyl groups is 1. The number of nitrogens with one attached hydrogen (secondary N) is 1. The van der Waals surface area contributed by atoms with E-state index in [1.807, 2.05) is 24.3 Å². The molecule has 0 bridgehead atoms. The number of aliphatic hydroxyl groups excluding tert-OH is 1. The van der Waals surface area contributed by atoms with Crippen LogP contribution in [0.4, 0.5) is 0 Å². The highest BCUT2D eigenvalue weighted by atomic mass is 16.3. The molecule has 0 atom stereocenters. The molecule has 1 amide bonds. The number of carbonyl (C=O) groups is 1. The van der Waals surface area contributed by atoms with Crippen molar-refractivity contribution < 1.29 is 9.90 Å². The highest BCUT2D eigenvalue weighted by molar-refractivity contribution is 5.94. The van der Waals surface area contributed by atoms with E-state index in [9.17, 15) is 4.79 Å². The summed E-state index contributed by atoms with van der Waals surface area (Å²) in [5, 5.41) is 11.2. The number of benzene rings is 1. The number of hydrogen-bond acceptors (Lipinski definition) is 2. The van der Waals surface area contributed by atoms with Gasteiger partial charge in [-0.25, -0.2) is 0 Å². The summed E-state index contributed by atoms with van der Waals surface area (Å²) in [6.07, 6.45) is 0. The first-order chi connectivity index (χ1) is 7.15. The molecule has 1 aromatic carbocycles. The van der Waals surface area contributed by atoms with E-state index in [0.717, 1.165) is 0 Å². The highest BCUT2D eigenvalue weighted by Crippen LogP contribution is 2.14. The van der Waals surface area contributed by atoms with Gasteiger partial charge in [0.15, 0.2) is 0 Å². The Bertz CT molecular complexity index is 317. The fraction of sp³-hybridized carbons (Fsp3) is 0.417. The molecule has 2 N–H and O–H groups in total. The fourth-order valence-corrected chi connectivity index (χ4v) is 1.29. The van der Waals surface area contributed by atoms with Crippen molar-refractivity contribution in [1.29, 1.82) is 0 Å². The van der Waals surface area contributed by atoms with Gasteiger partial charge in [-0.05, 0) is 23.6 Å². The van der Waals surface area contributed by atoms with E-state index in [1.165, 1.54) is 5.56 Å². The van der Waals surface area contributed by atoms with E-state index in [4.69, 9.17) is 5.11 Å². The van der Waals surface area contributed by atoms with E-state index in [2.05, 4.69) is 19.2 Å². The van der Waals surface area contributed by atoms with Crippen LogP contribution in [0.5, 0.6) is 0 Å². The zero-order valence-electron chi connectivity index (χ0n) is 9.16. The van der Waals surface area contributed by atoms with Gasteiger partial charge in [-0.3, -0.25) is 4.79 Å². The van der Waals surface area contributed by atoms with Crippen molar-refractivity contribution in [2.75, 3.05) is 13.2 Å². The van der Waals surface area contributed by atoms with Crippen molar-refractivity contribution in [3.05, 3.63) is 35.4 Å². The molecular formula is C12H17NO2. The second-order valence-electron chi connectivity index (χ2n) is 3.76. The van der Waals surface area contributed by atoms with E-state index in [-0.39, 0.29) is 12.5 Å². The van der Waals surface area contributed by atoms with Crippen LogP contribution in [0.3, 0.4) is 0 Å². The van der Waals surface area contributed by atoms with Gasteiger partial charge in [0.1, 0.15) is 0 Å². The second kappa shape index (κ2) is 5.51. The largest absolute Gasteiger partial charge is 0.395 e. The smallest absolute Gasteiger partial charge is 0.251 e. The predicted octanol–water partition coefficient (Wildman–Crippen LogP) is 1.53. The molecule has 0 spiro atoms. The Balaban J connectivity index is 2.67. The molecular weight excluding hydrogens is 190 g/mol. The third-order valence-electron chi connectivity index (χ3n) is 2.24. The Kier molecular flexibility index (Phi) is 4.31. The first-order valence-corrected chi connectivity index (χ1v) is 5.14. The summed E-state index contributed by atoms with van der Waals surface area (Å²) in [5.41, 5.74) is 1.85. The van der Waals surface area contributed by atoms with Crippen LogP contribution < -0.4 is 5.32 Å². The van der Waals surface area contributed by atoms with E-state index < -0.39 is 0 Å². The maximum absolute atomic E-state index is 11.5. The molecule has 0 aromatic heterocycles. The number of rotatable bonds is 4. The minimum atomic E-state index is -0.139. The summed E-state index contributed by atoms with van der Waals surface area (Å²) in [4.78, 5) is 11.5.